The van der Waals surface area contributed by atoms with Crippen LogP contribution in [-0.2, 0) is 52.5 Å². The van der Waals surface area contributed by atoms with E-state index in [1.165, 1.54) is 24.3 Å². The lowest BCUT2D eigenvalue weighted by Crippen LogP contribution is -2.31. The Labute approximate surface area is 462 Å². The summed E-state index contributed by atoms with van der Waals surface area (Å²) >= 11 is 0. The van der Waals surface area contributed by atoms with Gasteiger partial charge in [-0.15, -0.1) is 6.58 Å². The summed E-state index contributed by atoms with van der Waals surface area (Å²) in [4.78, 5) is 101. The molecule has 79 heavy (non-hydrogen) atoms. The highest BCUT2D eigenvalue weighted by Crippen LogP contribution is 2.35. The highest BCUT2D eigenvalue weighted by atomic mass is 16.6. The fraction of sp³-hybridized carbons (Fsp3) is 0.475. The first kappa shape index (κ1) is 62.1. The van der Waals surface area contributed by atoms with Crippen molar-refractivity contribution in [3.8, 4) is 34.5 Å². The molecule has 18 nitrogen and oxygen atoms in total. The molecule has 3 aromatic rings. The molecule has 2 aliphatic rings. The van der Waals surface area contributed by atoms with Gasteiger partial charge in [-0.05, 0) is 182 Å². The molecule has 0 unspecified atom stereocenters. The molecule has 0 spiro atoms. The van der Waals surface area contributed by atoms with Crippen molar-refractivity contribution in [2.24, 2.45) is 23.7 Å². The largest absolute Gasteiger partial charge is 0.494 e. The summed E-state index contributed by atoms with van der Waals surface area (Å²) in [6.45, 7) is 12.1. The van der Waals surface area contributed by atoms with E-state index in [1.807, 2.05) is 0 Å². The van der Waals surface area contributed by atoms with Gasteiger partial charge in [0.1, 0.15) is 40.1 Å². The van der Waals surface area contributed by atoms with Gasteiger partial charge in [-0.3, -0.25) is 24.0 Å². The molecule has 0 saturated heterocycles. The van der Waals surface area contributed by atoms with E-state index in [9.17, 15) is 38.4 Å². The molecule has 0 atom stereocenters. The summed E-state index contributed by atoms with van der Waals surface area (Å²) in [6.07, 6.45) is 14.5. The van der Waals surface area contributed by atoms with Crippen LogP contribution >= 0.6 is 0 Å². The second-order valence-electron chi connectivity index (χ2n) is 19.2. The van der Waals surface area contributed by atoms with Gasteiger partial charge in [-0.2, -0.15) is 0 Å². The van der Waals surface area contributed by atoms with Crippen molar-refractivity contribution in [1.29, 1.82) is 0 Å². The second kappa shape index (κ2) is 34.9. The summed E-state index contributed by atoms with van der Waals surface area (Å²) in [7, 11) is 0. The Kier molecular flexibility index (Phi) is 27.4. The third-order valence-corrected chi connectivity index (χ3v) is 13.3. The number of carbonyl (C=O) groups excluding carboxylic acids is 8. The van der Waals surface area contributed by atoms with Crippen LogP contribution in [0.25, 0.3) is 0 Å². The Bertz CT molecular complexity index is 2480. The predicted molar refractivity (Wildman–Crippen MR) is 288 cm³/mol. The average molecular weight is 1100 g/mol. The van der Waals surface area contributed by atoms with Crippen molar-refractivity contribution in [1.82, 2.24) is 0 Å². The summed E-state index contributed by atoms with van der Waals surface area (Å²) < 4.78 is 55.1. The quantitative estimate of drug-likeness (QED) is 0.0135. The van der Waals surface area contributed by atoms with Crippen molar-refractivity contribution >= 4 is 47.8 Å². The van der Waals surface area contributed by atoms with Crippen LogP contribution in [-0.4, -0.2) is 87.4 Å². The smallest absolute Gasteiger partial charge is 0.342 e. The molecule has 0 N–H and O–H groups in total. The highest BCUT2D eigenvalue weighted by molar-refractivity contribution is 5.94. The van der Waals surface area contributed by atoms with E-state index in [0.717, 1.165) is 63.5 Å². The van der Waals surface area contributed by atoms with Crippen LogP contribution in [0.3, 0.4) is 0 Å². The number of hydrogen-bond acceptors (Lipinski definition) is 18. The maximum Gasteiger partial charge on any atom is 0.342 e. The first-order chi connectivity index (χ1) is 38.3. The van der Waals surface area contributed by atoms with E-state index in [1.54, 1.807) is 48.5 Å². The Hall–Kier alpha value is -7.76. The van der Waals surface area contributed by atoms with E-state index in [0.29, 0.717) is 114 Å². The van der Waals surface area contributed by atoms with Gasteiger partial charge >= 0.3 is 47.8 Å². The summed E-state index contributed by atoms with van der Waals surface area (Å²) in [5, 5.41) is 0. The Morgan fingerprint density at radius 3 is 1.15 bits per heavy atom. The summed E-state index contributed by atoms with van der Waals surface area (Å²) in [5.74, 6) is -4.09. The molecule has 426 valence electrons. The lowest BCUT2D eigenvalue weighted by Gasteiger charge is -2.26. The zero-order valence-electron chi connectivity index (χ0n) is 45.0. The van der Waals surface area contributed by atoms with E-state index >= 15 is 0 Å². The predicted octanol–water partition coefficient (Wildman–Crippen LogP) is 10.7. The molecular weight excluding hydrogens is 1020 g/mol. The molecule has 2 aliphatic carbocycles. The van der Waals surface area contributed by atoms with Gasteiger partial charge in [0.05, 0.1) is 69.7 Å². The number of carbonyl (C=O) groups is 8. The minimum absolute atomic E-state index is 0.0246. The second-order valence-corrected chi connectivity index (χ2v) is 19.2. The minimum atomic E-state index is -0.835. The molecule has 0 aliphatic heterocycles. The van der Waals surface area contributed by atoms with Crippen molar-refractivity contribution in [2.45, 2.75) is 122 Å². The van der Waals surface area contributed by atoms with Gasteiger partial charge in [-0.25, -0.2) is 14.4 Å². The van der Waals surface area contributed by atoms with Gasteiger partial charge < -0.3 is 47.4 Å². The van der Waals surface area contributed by atoms with Crippen LogP contribution in [0.1, 0.15) is 132 Å². The van der Waals surface area contributed by atoms with Gasteiger partial charge in [0, 0.05) is 12.2 Å². The fourth-order valence-electron chi connectivity index (χ4n) is 8.72. The van der Waals surface area contributed by atoms with Crippen molar-refractivity contribution in [3.05, 3.63) is 110 Å². The first-order valence-electron chi connectivity index (χ1n) is 27.3. The Balaban J connectivity index is 1.05. The van der Waals surface area contributed by atoms with Crippen LogP contribution in [0, 0.1) is 23.7 Å². The first-order valence-corrected chi connectivity index (χ1v) is 27.3. The number of unbranched alkanes of at least 4 members (excludes halogenated alkanes) is 7. The lowest BCUT2D eigenvalue weighted by molar-refractivity contribution is -0.145. The van der Waals surface area contributed by atoms with Crippen LogP contribution in [0.2, 0.25) is 0 Å². The zero-order valence-corrected chi connectivity index (χ0v) is 45.0. The highest BCUT2D eigenvalue weighted by Gasteiger charge is 2.35. The Morgan fingerprint density at radius 2 is 0.734 bits per heavy atom. The third kappa shape index (κ3) is 23.0. The molecule has 5 rings (SSSR count). The summed E-state index contributed by atoms with van der Waals surface area (Å²) in [5.41, 5.74) is -0.148. The topological polar surface area (TPSA) is 229 Å². The molecule has 2 saturated carbocycles. The van der Waals surface area contributed by atoms with E-state index in [2.05, 4.69) is 19.7 Å². The molecule has 0 heterocycles. The average Bonchev–Trinajstić information content (AvgIpc) is 3.48. The number of ether oxygens (including phenoxy) is 10. The molecule has 3 aromatic carbocycles. The van der Waals surface area contributed by atoms with Gasteiger partial charge in [0.25, 0.3) is 0 Å². The fourth-order valence-corrected chi connectivity index (χ4v) is 8.72. The van der Waals surface area contributed by atoms with Gasteiger partial charge in [0.2, 0.25) is 0 Å². The standard InChI is InChI=1S/C61H74O18/c1-4-17-56(64)74-39-14-10-8-12-37-71-48-26-30-49(31-27-48)76-57(65)43-18-20-45(21-19-43)59(67)78-51-34-35-53(52(42-51)61(69)75-41-16-15-40-73-55(63)6-3)79-60(68)46-24-22-44(23-25-46)58(66)77-50-32-28-47(29-33-50)70-36-11-7-9-13-38-72-54(62)5-2/h4-6,26-35,42-46H,1-3,7-25,36-41H2. The normalized spacial score (nSPS) is 16.6. The number of esters is 8. The number of rotatable bonds is 34. The number of benzene rings is 3. The molecule has 0 amide bonds. The lowest BCUT2D eigenvalue weighted by atomic mass is 9.82. The van der Waals surface area contributed by atoms with E-state index in [-0.39, 0.29) is 42.7 Å². The maximum absolute atomic E-state index is 13.6. The van der Waals surface area contributed by atoms with Gasteiger partial charge in [0.15, 0.2) is 0 Å². The van der Waals surface area contributed by atoms with Crippen LogP contribution in [0.5, 0.6) is 34.5 Å². The molecular formula is C61H74O18. The molecule has 2 fully saturated rings. The monoisotopic (exact) mass is 1090 g/mol. The molecule has 0 aromatic heterocycles. The van der Waals surface area contributed by atoms with Crippen molar-refractivity contribution in [2.75, 3.05) is 39.6 Å². The molecule has 0 bridgehead atoms. The molecule has 18 heteroatoms. The van der Waals surface area contributed by atoms with Crippen molar-refractivity contribution < 1.29 is 85.7 Å². The van der Waals surface area contributed by atoms with E-state index in [4.69, 9.17) is 47.4 Å². The Morgan fingerprint density at radius 1 is 0.392 bits per heavy atom. The van der Waals surface area contributed by atoms with Crippen LogP contribution < -0.4 is 28.4 Å². The van der Waals surface area contributed by atoms with Gasteiger partial charge in [-0.1, -0.05) is 19.2 Å². The van der Waals surface area contributed by atoms with Crippen LogP contribution in [0.4, 0.5) is 0 Å². The van der Waals surface area contributed by atoms with E-state index < -0.39 is 65.5 Å². The van der Waals surface area contributed by atoms with Crippen LogP contribution in [0.15, 0.2) is 105 Å². The third-order valence-electron chi connectivity index (χ3n) is 13.3. The number of hydrogen-bond donors (Lipinski definition) is 0. The molecule has 0 radical (unpaired) electrons. The summed E-state index contributed by atoms with van der Waals surface area (Å²) in [6, 6.07) is 17.7. The minimum Gasteiger partial charge on any atom is -0.494 e. The maximum atomic E-state index is 13.6. The van der Waals surface area contributed by atoms with Crippen molar-refractivity contribution in [3.63, 3.8) is 0 Å². The zero-order chi connectivity index (χ0) is 56.6. The SMILES string of the molecule is C=CCC(=O)OCCCCCCOc1ccc(OC(=O)C2CCC(C(=O)Oc3ccc(OC(=O)C4CCC(C(=O)Oc5ccc(OCCCCCCOC(=O)C=C)cc5)CC4)c(C(=O)OCCCCOC(=O)C=C)c3)CC2)cc1.